The van der Waals surface area contributed by atoms with Crippen LogP contribution in [-0.2, 0) is 9.53 Å². The second-order valence-corrected chi connectivity index (χ2v) is 4.50. The molecule has 2 atom stereocenters. The zero-order valence-corrected chi connectivity index (χ0v) is 9.39. The zero-order valence-electron chi connectivity index (χ0n) is 9.39. The van der Waals surface area contributed by atoms with Gasteiger partial charge in [-0.15, -0.1) is 0 Å². The fourth-order valence-electron chi connectivity index (χ4n) is 2.22. The van der Waals surface area contributed by atoms with Crippen LogP contribution in [0, 0.1) is 5.92 Å². The van der Waals surface area contributed by atoms with Crippen LogP contribution in [0.25, 0.3) is 0 Å². The van der Waals surface area contributed by atoms with Gasteiger partial charge >= 0.3 is 5.97 Å². The molecule has 3 nitrogen and oxygen atoms in total. The summed E-state index contributed by atoms with van der Waals surface area (Å²) in [7, 11) is 0. The van der Waals surface area contributed by atoms with E-state index in [-0.39, 0.29) is 12.0 Å². The maximum Gasteiger partial charge on any atom is 0.306 e. The largest absolute Gasteiger partial charge is 0.491 e. The van der Waals surface area contributed by atoms with Crippen molar-refractivity contribution in [3.63, 3.8) is 0 Å². The van der Waals surface area contributed by atoms with Crippen molar-refractivity contribution in [2.45, 2.75) is 44.6 Å². The number of ether oxygens (including phenoxy) is 1. The van der Waals surface area contributed by atoms with E-state index in [1.807, 2.05) is 6.08 Å². The lowest BCUT2D eigenvalue weighted by atomic mass is 9.93. The average molecular weight is 222 g/mol. The predicted molar refractivity (Wildman–Crippen MR) is 60.9 cm³/mol. The maximum absolute atomic E-state index is 10.8. The van der Waals surface area contributed by atoms with Gasteiger partial charge in [0, 0.05) is 6.42 Å². The fourth-order valence-corrected chi connectivity index (χ4v) is 2.22. The Morgan fingerprint density at radius 1 is 1.44 bits per heavy atom. The first-order valence-electron chi connectivity index (χ1n) is 6.01. The third-order valence-corrected chi connectivity index (χ3v) is 3.23. The lowest BCUT2D eigenvalue weighted by Gasteiger charge is -2.24. The normalized spacial score (nSPS) is 29.6. The van der Waals surface area contributed by atoms with Crippen LogP contribution >= 0.6 is 0 Å². The second kappa shape index (κ2) is 5.19. The summed E-state index contributed by atoms with van der Waals surface area (Å²) in [5.74, 6) is 0.0798. The Morgan fingerprint density at radius 2 is 2.31 bits per heavy atom. The summed E-state index contributed by atoms with van der Waals surface area (Å²) in [4.78, 5) is 10.8. The number of carbonyl (C=O) groups is 1. The van der Waals surface area contributed by atoms with E-state index in [0.717, 1.165) is 25.0 Å². The third-order valence-electron chi connectivity index (χ3n) is 3.23. The smallest absolute Gasteiger partial charge is 0.306 e. The first-order chi connectivity index (χ1) is 7.75. The first kappa shape index (κ1) is 11.2. The molecule has 0 radical (unpaired) electrons. The number of allylic oxidation sites excluding steroid dienone is 3. The van der Waals surface area contributed by atoms with E-state index < -0.39 is 5.97 Å². The topological polar surface area (TPSA) is 46.5 Å². The molecule has 0 heterocycles. The number of aliphatic carboxylic acids is 1. The number of rotatable bonds is 3. The van der Waals surface area contributed by atoms with Gasteiger partial charge in [-0.3, -0.25) is 4.79 Å². The van der Waals surface area contributed by atoms with Crippen molar-refractivity contribution in [3.05, 3.63) is 24.0 Å². The molecule has 2 unspecified atom stereocenters. The standard InChI is InChI=1S/C13H18O3/c14-13(15)10-6-8-12(9-7-10)16-11-4-2-1-3-5-11/h2,4,8,10-11H,1,3,5-7,9H2,(H,14,15). The van der Waals surface area contributed by atoms with E-state index in [4.69, 9.17) is 9.84 Å². The van der Waals surface area contributed by atoms with Crippen LogP contribution in [0.15, 0.2) is 24.0 Å². The van der Waals surface area contributed by atoms with Gasteiger partial charge in [0.05, 0.1) is 11.7 Å². The highest BCUT2D eigenvalue weighted by molar-refractivity contribution is 5.70. The zero-order chi connectivity index (χ0) is 11.4. The van der Waals surface area contributed by atoms with Crippen LogP contribution in [0.3, 0.4) is 0 Å². The average Bonchev–Trinajstić information content (AvgIpc) is 2.31. The van der Waals surface area contributed by atoms with Crippen LogP contribution < -0.4 is 0 Å². The second-order valence-electron chi connectivity index (χ2n) is 4.50. The lowest BCUT2D eigenvalue weighted by molar-refractivity contribution is -0.142. The Morgan fingerprint density at radius 3 is 2.88 bits per heavy atom. The molecule has 0 amide bonds. The summed E-state index contributed by atoms with van der Waals surface area (Å²) in [6, 6.07) is 0. The van der Waals surface area contributed by atoms with E-state index in [1.165, 1.54) is 6.42 Å². The van der Waals surface area contributed by atoms with Gasteiger partial charge in [0.1, 0.15) is 6.10 Å². The van der Waals surface area contributed by atoms with Gasteiger partial charge < -0.3 is 9.84 Å². The molecular formula is C13H18O3. The summed E-state index contributed by atoms with van der Waals surface area (Å²) >= 11 is 0. The van der Waals surface area contributed by atoms with Gasteiger partial charge in [-0.05, 0) is 44.3 Å². The summed E-state index contributed by atoms with van der Waals surface area (Å²) in [5, 5.41) is 8.86. The van der Waals surface area contributed by atoms with E-state index in [9.17, 15) is 4.79 Å². The Balaban J connectivity index is 1.85. The first-order valence-corrected chi connectivity index (χ1v) is 6.01. The predicted octanol–water partition coefficient (Wildman–Crippen LogP) is 2.88. The molecule has 0 aromatic carbocycles. The van der Waals surface area contributed by atoms with Crippen LogP contribution in [0.1, 0.15) is 38.5 Å². The Labute approximate surface area is 95.8 Å². The molecule has 0 aromatic rings. The molecular weight excluding hydrogens is 204 g/mol. The molecule has 0 spiro atoms. The van der Waals surface area contributed by atoms with Crippen molar-refractivity contribution in [2.24, 2.45) is 5.92 Å². The minimum atomic E-state index is -0.687. The maximum atomic E-state index is 10.8. The summed E-state index contributed by atoms with van der Waals surface area (Å²) in [6.45, 7) is 0. The van der Waals surface area contributed by atoms with E-state index in [1.54, 1.807) is 0 Å². The van der Waals surface area contributed by atoms with Crippen LogP contribution in [0.5, 0.6) is 0 Å². The highest BCUT2D eigenvalue weighted by atomic mass is 16.5. The Hall–Kier alpha value is -1.25. The molecule has 2 aliphatic rings. The fraction of sp³-hybridized carbons (Fsp3) is 0.615. The molecule has 0 fully saturated rings. The number of hydrogen-bond donors (Lipinski definition) is 1. The third kappa shape index (κ3) is 2.87. The molecule has 88 valence electrons. The van der Waals surface area contributed by atoms with Gasteiger partial charge in [0.15, 0.2) is 0 Å². The van der Waals surface area contributed by atoms with Gasteiger partial charge in [-0.25, -0.2) is 0 Å². The Kier molecular flexibility index (Phi) is 3.65. The molecule has 0 saturated carbocycles. The van der Waals surface area contributed by atoms with Gasteiger partial charge in [0.2, 0.25) is 0 Å². The molecule has 0 aromatic heterocycles. The quantitative estimate of drug-likeness (QED) is 0.747. The van der Waals surface area contributed by atoms with Gasteiger partial charge in [-0.1, -0.05) is 6.08 Å². The lowest BCUT2D eigenvalue weighted by Crippen LogP contribution is -2.19. The molecule has 3 heteroatoms. The molecule has 0 bridgehead atoms. The van der Waals surface area contributed by atoms with Crippen molar-refractivity contribution >= 4 is 5.97 Å². The van der Waals surface area contributed by atoms with Crippen LogP contribution in [0.4, 0.5) is 0 Å². The van der Waals surface area contributed by atoms with E-state index in [2.05, 4.69) is 12.2 Å². The number of hydrogen-bond acceptors (Lipinski definition) is 2. The Bertz CT molecular complexity index is 317. The van der Waals surface area contributed by atoms with E-state index >= 15 is 0 Å². The molecule has 2 rings (SSSR count). The summed E-state index contributed by atoms with van der Waals surface area (Å²) < 4.78 is 5.84. The molecule has 2 aliphatic carbocycles. The highest BCUT2D eigenvalue weighted by Gasteiger charge is 2.22. The van der Waals surface area contributed by atoms with Gasteiger partial charge in [-0.2, -0.15) is 0 Å². The molecule has 1 N–H and O–H groups in total. The van der Waals surface area contributed by atoms with Crippen molar-refractivity contribution in [1.29, 1.82) is 0 Å². The summed E-state index contributed by atoms with van der Waals surface area (Å²) in [5.41, 5.74) is 0. The number of carboxylic acid groups (broad SMARTS) is 1. The van der Waals surface area contributed by atoms with Gasteiger partial charge in [0.25, 0.3) is 0 Å². The molecule has 0 saturated heterocycles. The minimum absolute atomic E-state index is 0.210. The molecule has 16 heavy (non-hydrogen) atoms. The monoisotopic (exact) mass is 222 g/mol. The van der Waals surface area contributed by atoms with Crippen molar-refractivity contribution in [2.75, 3.05) is 0 Å². The molecule has 0 aliphatic heterocycles. The SMILES string of the molecule is O=C(O)C1CC=C(OC2C=CCCC2)CC1. The van der Waals surface area contributed by atoms with Crippen LogP contribution in [0.2, 0.25) is 0 Å². The summed E-state index contributed by atoms with van der Waals surface area (Å²) in [6.07, 6.45) is 11.9. The van der Waals surface area contributed by atoms with Crippen molar-refractivity contribution in [3.8, 4) is 0 Å². The highest BCUT2D eigenvalue weighted by Crippen LogP contribution is 2.27. The minimum Gasteiger partial charge on any atom is -0.491 e. The van der Waals surface area contributed by atoms with Crippen molar-refractivity contribution in [1.82, 2.24) is 0 Å². The van der Waals surface area contributed by atoms with Crippen LogP contribution in [-0.4, -0.2) is 17.2 Å². The number of carboxylic acids is 1. The van der Waals surface area contributed by atoms with Crippen molar-refractivity contribution < 1.29 is 14.6 Å². The van der Waals surface area contributed by atoms with E-state index in [0.29, 0.717) is 12.8 Å².